The van der Waals surface area contributed by atoms with E-state index in [9.17, 15) is 9.18 Å². The van der Waals surface area contributed by atoms with Crippen molar-refractivity contribution < 1.29 is 4.39 Å². The lowest BCUT2D eigenvalue weighted by atomic mass is 9.96. The number of nitrogens with zero attached hydrogens (tertiary/aromatic N) is 2. The Morgan fingerprint density at radius 2 is 1.91 bits per heavy atom. The number of nitrogens with one attached hydrogen (secondary N) is 2. The van der Waals surface area contributed by atoms with Crippen molar-refractivity contribution in [3.63, 3.8) is 0 Å². The van der Waals surface area contributed by atoms with Crippen molar-refractivity contribution in [3.05, 3.63) is 46.5 Å². The largest absolute Gasteiger partial charge is 0.340 e. The molecular formula is C17H15FN4O. The van der Waals surface area contributed by atoms with Crippen LogP contribution < -0.4 is 5.56 Å². The SMILES string of the molecule is CC(C)(C)c1nc2c3ccc(F)cc3c3c(=O)[nH]cnc3c2[nH]1. The number of fused-ring (bicyclic) bond motifs is 6. The fourth-order valence-corrected chi connectivity index (χ4v) is 2.86. The Morgan fingerprint density at radius 3 is 2.65 bits per heavy atom. The number of benzene rings is 2. The molecule has 4 rings (SSSR count). The quantitative estimate of drug-likeness (QED) is 0.489. The molecule has 0 radical (unpaired) electrons. The molecular weight excluding hydrogens is 295 g/mol. The minimum absolute atomic E-state index is 0.182. The van der Waals surface area contributed by atoms with E-state index in [0.717, 1.165) is 11.2 Å². The minimum atomic E-state index is -0.395. The van der Waals surface area contributed by atoms with Crippen LogP contribution in [0.15, 0.2) is 29.3 Å². The molecule has 0 aliphatic carbocycles. The fourth-order valence-electron chi connectivity index (χ4n) is 2.86. The van der Waals surface area contributed by atoms with Crippen molar-refractivity contribution in [2.75, 3.05) is 0 Å². The van der Waals surface area contributed by atoms with Gasteiger partial charge in [0.2, 0.25) is 0 Å². The number of hydrogen-bond donors (Lipinski definition) is 2. The summed E-state index contributed by atoms with van der Waals surface area (Å²) < 4.78 is 13.7. The van der Waals surface area contributed by atoms with Gasteiger partial charge in [-0.25, -0.2) is 14.4 Å². The fraction of sp³-hybridized carbons (Fsp3) is 0.235. The maximum atomic E-state index is 13.7. The maximum Gasteiger partial charge on any atom is 0.259 e. The summed E-state index contributed by atoms with van der Waals surface area (Å²) in [5, 5.41) is 1.63. The van der Waals surface area contributed by atoms with Crippen molar-refractivity contribution in [1.82, 2.24) is 19.9 Å². The van der Waals surface area contributed by atoms with Gasteiger partial charge < -0.3 is 9.97 Å². The van der Waals surface area contributed by atoms with Crippen LogP contribution in [-0.4, -0.2) is 19.9 Å². The molecule has 0 amide bonds. The van der Waals surface area contributed by atoms with Crippen LogP contribution in [0.2, 0.25) is 0 Å². The summed E-state index contributed by atoms with van der Waals surface area (Å²) in [4.78, 5) is 27.1. The molecule has 0 aliphatic rings. The number of imidazole rings is 1. The van der Waals surface area contributed by atoms with Gasteiger partial charge in [-0.1, -0.05) is 20.8 Å². The van der Waals surface area contributed by atoms with Crippen LogP contribution in [0.4, 0.5) is 4.39 Å². The number of halogens is 1. The van der Waals surface area contributed by atoms with Gasteiger partial charge in [-0.05, 0) is 18.2 Å². The first-order valence-electron chi connectivity index (χ1n) is 7.35. The molecule has 2 aromatic heterocycles. The van der Waals surface area contributed by atoms with Crippen LogP contribution in [-0.2, 0) is 5.41 Å². The summed E-state index contributed by atoms with van der Waals surface area (Å²) in [5.41, 5.74) is 1.44. The predicted molar refractivity (Wildman–Crippen MR) is 88.2 cm³/mol. The van der Waals surface area contributed by atoms with Crippen LogP contribution in [0.1, 0.15) is 26.6 Å². The number of aromatic amines is 2. The molecule has 2 N–H and O–H groups in total. The minimum Gasteiger partial charge on any atom is -0.340 e. The molecule has 0 bridgehead atoms. The van der Waals surface area contributed by atoms with E-state index in [1.807, 2.05) is 0 Å². The van der Waals surface area contributed by atoms with Crippen LogP contribution in [0.25, 0.3) is 32.7 Å². The van der Waals surface area contributed by atoms with Crippen molar-refractivity contribution >= 4 is 32.7 Å². The Balaban J connectivity index is 2.34. The molecule has 2 aromatic carbocycles. The molecule has 0 saturated carbocycles. The van der Waals surface area contributed by atoms with E-state index in [2.05, 4.69) is 35.7 Å². The lowest BCUT2D eigenvalue weighted by Gasteiger charge is -2.13. The number of H-pyrrole nitrogens is 2. The van der Waals surface area contributed by atoms with Gasteiger partial charge >= 0.3 is 0 Å². The van der Waals surface area contributed by atoms with Gasteiger partial charge in [0, 0.05) is 16.2 Å². The summed E-state index contributed by atoms with van der Waals surface area (Å²) in [6.45, 7) is 6.15. The third-order valence-corrected chi connectivity index (χ3v) is 4.01. The van der Waals surface area contributed by atoms with Gasteiger partial charge in [0.05, 0.1) is 22.7 Å². The number of hydrogen-bond acceptors (Lipinski definition) is 3. The van der Waals surface area contributed by atoms with E-state index in [1.165, 1.54) is 18.5 Å². The summed E-state index contributed by atoms with van der Waals surface area (Å²) in [7, 11) is 0. The third kappa shape index (κ3) is 1.94. The Bertz CT molecular complexity index is 1130. The zero-order chi connectivity index (χ0) is 16.4. The highest BCUT2D eigenvalue weighted by Crippen LogP contribution is 2.33. The number of aromatic nitrogens is 4. The molecule has 4 aromatic rings. The van der Waals surface area contributed by atoms with E-state index in [1.54, 1.807) is 6.07 Å². The van der Waals surface area contributed by atoms with E-state index >= 15 is 0 Å². The number of rotatable bonds is 0. The lowest BCUT2D eigenvalue weighted by Crippen LogP contribution is -2.13. The second-order valence-electron chi connectivity index (χ2n) is 6.70. The summed E-state index contributed by atoms with van der Waals surface area (Å²) >= 11 is 0. The summed E-state index contributed by atoms with van der Waals surface area (Å²) in [6.07, 6.45) is 1.35. The molecule has 0 saturated heterocycles. The molecule has 0 spiro atoms. The zero-order valence-electron chi connectivity index (χ0n) is 13.0. The average molecular weight is 310 g/mol. The van der Waals surface area contributed by atoms with Gasteiger partial charge in [0.1, 0.15) is 17.2 Å². The molecule has 0 unspecified atom stereocenters. The topological polar surface area (TPSA) is 74.4 Å². The van der Waals surface area contributed by atoms with Crippen molar-refractivity contribution in [1.29, 1.82) is 0 Å². The molecule has 0 fully saturated rings. The zero-order valence-corrected chi connectivity index (χ0v) is 13.0. The molecule has 116 valence electrons. The van der Waals surface area contributed by atoms with E-state index < -0.39 is 5.82 Å². The summed E-state index contributed by atoms with van der Waals surface area (Å²) in [5.74, 6) is 0.403. The maximum absolute atomic E-state index is 13.7. The van der Waals surface area contributed by atoms with E-state index in [-0.39, 0.29) is 11.0 Å². The Hall–Kier alpha value is -2.76. The lowest BCUT2D eigenvalue weighted by molar-refractivity contribution is 0.554. The van der Waals surface area contributed by atoms with Crippen LogP contribution in [0.5, 0.6) is 0 Å². The molecule has 2 heterocycles. The highest BCUT2D eigenvalue weighted by molar-refractivity contribution is 6.21. The molecule has 23 heavy (non-hydrogen) atoms. The van der Waals surface area contributed by atoms with Crippen LogP contribution in [0, 0.1) is 5.82 Å². The highest BCUT2D eigenvalue weighted by Gasteiger charge is 2.22. The van der Waals surface area contributed by atoms with Gasteiger partial charge in [-0.3, -0.25) is 4.79 Å². The Kier molecular flexibility index (Phi) is 2.64. The Labute approximate surface area is 130 Å². The van der Waals surface area contributed by atoms with Gasteiger partial charge in [-0.2, -0.15) is 0 Å². The normalized spacial score (nSPS) is 12.5. The van der Waals surface area contributed by atoms with Crippen molar-refractivity contribution in [2.24, 2.45) is 0 Å². The first kappa shape index (κ1) is 13.9. The Morgan fingerprint density at radius 1 is 1.13 bits per heavy atom. The monoisotopic (exact) mass is 310 g/mol. The second kappa shape index (κ2) is 4.38. The summed E-state index contributed by atoms with van der Waals surface area (Å²) in [6, 6.07) is 4.40. The molecule has 5 nitrogen and oxygen atoms in total. The van der Waals surface area contributed by atoms with Crippen LogP contribution >= 0.6 is 0 Å². The van der Waals surface area contributed by atoms with Gasteiger partial charge in [0.25, 0.3) is 5.56 Å². The van der Waals surface area contributed by atoms with Crippen molar-refractivity contribution in [2.45, 2.75) is 26.2 Å². The molecule has 6 heteroatoms. The van der Waals surface area contributed by atoms with Gasteiger partial charge in [0.15, 0.2) is 0 Å². The molecule has 0 aliphatic heterocycles. The third-order valence-electron chi connectivity index (χ3n) is 4.01. The predicted octanol–water partition coefficient (Wildman–Crippen LogP) is 3.39. The second-order valence-corrected chi connectivity index (χ2v) is 6.70. The van der Waals surface area contributed by atoms with Gasteiger partial charge in [-0.15, -0.1) is 0 Å². The van der Waals surface area contributed by atoms with E-state index in [4.69, 9.17) is 4.98 Å². The first-order chi connectivity index (χ1) is 10.9. The smallest absolute Gasteiger partial charge is 0.259 e. The first-order valence-corrected chi connectivity index (χ1v) is 7.35. The highest BCUT2D eigenvalue weighted by atomic mass is 19.1. The molecule has 0 atom stereocenters. The van der Waals surface area contributed by atoms with Crippen molar-refractivity contribution in [3.8, 4) is 0 Å². The van der Waals surface area contributed by atoms with E-state index in [0.29, 0.717) is 27.3 Å². The standard InChI is InChI=1S/C17H15FN4O/c1-17(2,3)16-21-12-9-5-4-8(18)6-10(9)11-13(14(12)22-16)19-7-20-15(11)23/h4-7H,1-3H3,(H,21,22)(H,19,20,23). The van der Waals surface area contributed by atoms with Crippen LogP contribution in [0.3, 0.4) is 0 Å². The average Bonchev–Trinajstić information content (AvgIpc) is 2.92.